The lowest BCUT2D eigenvalue weighted by molar-refractivity contribution is -0.144. The van der Waals surface area contributed by atoms with Crippen molar-refractivity contribution in [3.05, 3.63) is 53.1 Å². The zero-order valence-electron chi connectivity index (χ0n) is 15.8. The molecule has 0 bridgehead atoms. The van der Waals surface area contributed by atoms with Crippen molar-refractivity contribution in [2.45, 2.75) is 32.0 Å². The molecule has 0 spiro atoms. The number of aryl methyl sites for hydroxylation is 1. The molecule has 1 aliphatic heterocycles. The molecule has 2 aromatic heterocycles. The molecule has 0 unspecified atom stereocenters. The van der Waals surface area contributed by atoms with Crippen molar-refractivity contribution in [3.8, 4) is 5.75 Å². The third kappa shape index (κ3) is 3.39. The molecule has 0 aliphatic carbocycles. The van der Waals surface area contributed by atoms with Crippen LogP contribution in [-0.4, -0.2) is 44.0 Å². The molecule has 10 heteroatoms. The minimum atomic E-state index is -4.68. The molecule has 152 valence electrons. The molecule has 29 heavy (non-hydrogen) atoms. The SMILES string of the molecule is COc1ccc([C@@H]2CCCN2C(=O)c2cnc3nc(C(F)(F)F)nn3c2C)cc1. The number of fused-ring (bicyclic) bond motifs is 1. The number of hydrogen-bond donors (Lipinski definition) is 0. The van der Waals surface area contributed by atoms with Crippen LogP contribution in [0.25, 0.3) is 5.78 Å². The van der Waals surface area contributed by atoms with Gasteiger partial charge in [-0.25, -0.2) is 9.50 Å². The van der Waals surface area contributed by atoms with Gasteiger partial charge >= 0.3 is 6.18 Å². The van der Waals surface area contributed by atoms with Crippen LogP contribution in [0.3, 0.4) is 0 Å². The number of carbonyl (C=O) groups excluding carboxylic acids is 1. The molecule has 1 aromatic carbocycles. The zero-order chi connectivity index (χ0) is 20.8. The second kappa shape index (κ2) is 7.02. The third-order valence-corrected chi connectivity index (χ3v) is 5.10. The summed E-state index contributed by atoms with van der Waals surface area (Å²) in [6.07, 6.45) is -1.78. The van der Waals surface area contributed by atoms with Crippen LogP contribution in [0.4, 0.5) is 13.2 Å². The number of ether oxygens (including phenoxy) is 1. The van der Waals surface area contributed by atoms with Crippen molar-refractivity contribution in [2.75, 3.05) is 13.7 Å². The van der Waals surface area contributed by atoms with Gasteiger partial charge in [-0.1, -0.05) is 12.1 Å². The summed E-state index contributed by atoms with van der Waals surface area (Å²) in [6, 6.07) is 7.38. The van der Waals surface area contributed by atoms with Crippen LogP contribution in [0, 0.1) is 6.92 Å². The van der Waals surface area contributed by atoms with Crippen LogP contribution >= 0.6 is 0 Å². The molecular weight excluding hydrogens is 387 g/mol. The molecule has 0 radical (unpaired) electrons. The fourth-order valence-electron chi connectivity index (χ4n) is 3.61. The van der Waals surface area contributed by atoms with Crippen molar-refractivity contribution in [1.29, 1.82) is 0 Å². The van der Waals surface area contributed by atoms with Gasteiger partial charge in [0.2, 0.25) is 0 Å². The lowest BCUT2D eigenvalue weighted by Gasteiger charge is -2.25. The standard InChI is InChI=1S/C19H18F3N5O2/c1-11-14(10-23-18-24-17(19(20,21)22)25-27(11)18)16(28)26-9-3-4-15(26)12-5-7-13(29-2)8-6-12/h5-8,10,15H,3-4,9H2,1-2H3/t15-/m0/s1. The largest absolute Gasteiger partial charge is 0.497 e. The molecule has 7 nitrogen and oxygen atoms in total. The fraction of sp³-hybridized carbons (Fsp3) is 0.368. The monoisotopic (exact) mass is 405 g/mol. The highest BCUT2D eigenvalue weighted by molar-refractivity contribution is 5.95. The van der Waals surface area contributed by atoms with E-state index in [1.165, 1.54) is 13.1 Å². The first-order valence-corrected chi connectivity index (χ1v) is 9.04. The Bertz CT molecular complexity index is 1060. The lowest BCUT2D eigenvalue weighted by atomic mass is 10.0. The van der Waals surface area contributed by atoms with Gasteiger partial charge in [-0.3, -0.25) is 4.79 Å². The van der Waals surface area contributed by atoms with E-state index in [4.69, 9.17) is 4.74 Å². The number of methoxy groups -OCH3 is 1. The van der Waals surface area contributed by atoms with E-state index in [0.717, 1.165) is 28.7 Å². The second-order valence-electron chi connectivity index (χ2n) is 6.83. The van der Waals surface area contributed by atoms with E-state index in [2.05, 4.69) is 15.1 Å². The Kier molecular flexibility index (Phi) is 4.64. The Morgan fingerprint density at radius 3 is 2.62 bits per heavy atom. The number of hydrogen-bond acceptors (Lipinski definition) is 5. The Balaban J connectivity index is 1.67. The van der Waals surface area contributed by atoms with E-state index in [1.807, 2.05) is 24.3 Å². The van der Waals surface area contributed by atoms with E-state index in [1.54, 1.807) is 12.0 Å². The number of nitrogens with zero attached hydrogens (tertiary/aromatic N) is 5. The van der Waals surface area contributed by atoms with Crippen molar-refractivity contribution in [1.82, 2.24) is 24.5 Å². The minimum absolute atomic E-state index is 0.120. The Morgan fingerprint density at radius 2 is 1.97 bits per heavy atom. The third-order valence-electron chi connectivity index (χ3n) is 5.10. The molecule has 3 heterocycles. The van der Waals surface area contributed by atoms with Crippen LogP contribution in [0.1, 0.15) is 46.3 Å². The number of likely N-dealkylation sites (tertiary alicyclic amines) is 1. The molecule has 1 saturated heterocycles. The Labute approximate surface area is 164 Å². The summed E-state index contributed by atoms with van der Waals surface area (Å²) in [5, 5.41) is 3.48. The maximum Gasteiger partial charge on any atom is 0.453 e. The van der Waals surface area contributed by atoms with Crippen LogP contribution in [0.5, 0.6) is 5.75 Å². The van der Waals surface area contributed by atoms with Gasteiger partial charge in [-0.15, -0.1) is 5.10 Å². The number of alkyl halides is 3. The number of rotatable bonds is 3. The van der Waals surface area contributed by atoms with E-state index < -0.39 is 12.0 Å². The first kappa shape index (κ1) is 19.2. The molecule has 3 aromatic rings. The van der Waals surface area contributed by atoms with Gasteiger partial charge in [0, 0.05) is 12.7 Å². The van der Waals surface area contributed by atoms with Crippen LogP contribution in [0.15, 0.2) is 30.5 Å². The molecular formula is C19H18F3N5O2. The summed E-state index contributed by atoms with van der Waals surface area (Å²) in [4.78, 5) is 22.2. The normalized spacial score (nSPS) is 17.1. The van der Waals surface area contributed by atoms with Gasteiger partial charge in [0.25, 0.3) is 17.5 Å². The van der Waals surface area contributed by atoms with Crippen LogP contribution in [0.2, 0.25) is 0 Å². The summed E-state index contributed by atoms with van der Waals surface area (Å²) >= 11 is 0. The smallest absolute Gasteiger partial charge is 0.453 e. The van der Waals surface area contributed by atoms with Gasteiger partial charge in [-0.05, 0) is 37.5 Å². The quantitative estimate of drug-likeness (QED) is 0.668. The second-order valence-corrected chi connectivity index (χ2v) is 6.83. The van der Waals surface area contributed by atoms with Crippen LogP contribution < -0.4 is 4.74 Å². The highest BCUT2D eigenvalue weighted by Crippen LogP contribution is 2.34. The Morgan fingerprint density at radius 1 is 1.24 bits per heavy atom. The molecule has 1 fully saturated rings. The number of aromatic nitrogens is 4. The van der Waals surface area contributed by atoms with Crippen LogP contribution in [-0.2, 0) is 6.18 Å². The predicted octanol–water partition coefficient (Wildman–Crippen LogP) is 3.44. The number of halogens is 3. The Hall–Kier alpha value is -3.17. The van der Waals surface area contributed by atoms with Crippen molar-refractivity contribution in [2.24, 2.45) is 0 Å². The van der Waals surface area contributed by atoms with E-state index in [9.17, 15) is 18.0 Å². The maximum atomic E-state index is 13.2. The summed E-state index contributed by atoms with van der Waals surface area (Å²) in [5.74, 6) is -1.05. The van der Waals surface area contributed by atoms with Gasteiger partial charge in [0.1, 0.15) is 5.75 Å². The van der Waals surface area contributed by atoms with Crippen molar-refractivity contribution < 1.29 is 22.7 Å². The number of carbonyl (C=O) groups is 1. The van der Waals surface area contributed by atoms with E-state index in [0.29, 0.717) is 6.54 Å². The maximum absolute atomic E-state index is 13.2. The van der Waals surface area contributed by atoms with Crippen molar-refractivity contribution in [3.63, 3.8) is 0 Å². The molecule has 0 saturated carbocycles. The first-order valence-electron chi connectivity index (χ1n) is 9.04. The fourth-order valence-corrected chi connectivity index (χ4v) is 3.61. The minimum Gasteiger partial charge on any atom is -0.497 e. The van der Waals surface area contributed by atoms with E-state index >= 15 is 0 Å². The first-order chi connectivity index (χ1) is 13.8. The lowest BCUT2D eigenvalue weighted by Crippen LogP contribution is -2.31. The summed E-state index contributed by atoms with van der Waals surface area (Å²) in [7, 11) is 1.58. The topological polar surface area (TPSA) is 72.6 Å². The molecule has 1 atom stereocenters. The predicted molar refractivity (Wildman–Crippen MR) is 96.5 cm³/mol. The highest BCUT2D eigenvalue weighted by Gasteiger charge is 2.37. The number of amides is 1. The van der Waals surface area contributed by atoms with Crippen molar-refractivity contribution >= 4 is 11.7 Å². The molecule has 1 amide bonds. The molecule has 1 aliphatic rings. The summed E-state index contributed by atoms with van der Waals surface area (Å²) < 4.78 is 44.9. The van der Waals surface area contributed by atoms with E-state index in [-0.39, 0.29) is 29.0 Å². The highest BCUT2D eigenvalue weighted by atomic mass is 19.4. The van der Waals surface area contributed by atoms with Gasteiger partial charge in [0.05, 0.1) is 24.4 Å². The summed E-state index contributed by atoms with van der Waals surface area (Å²) in [5.41, 5.74) is 1.45. The average Bonchev–Trinajstić information content (AvgIpc) is 3.35. The zero-order valence-corrected chi connectivity index (χ0v) is 15.8. The molecule has 4 rings (SSSR count). The summed E-state index contributed by atoms with van der Waals surface area (Å²) in [6.45, 7) is 2.09. The number of benzene rings is 1. The average molecular weight is 405 g/mol. The molecule has 0 N–H and O–H groups in total. The van der Waals surface area contributed by atoms with Gasteiger partial charge in [-0.2, -0.15) is 18.2 Å². The van der Waals surface area contributed by atoms with Gasteiger partial charge in [0.15, 0.2) is 0 Å². The van der Waals surface area contributed by atoms with Gasteiger partial charge < -0.3 is 9.64 Å².